The van der Waals surface area contributed by atoms with Crippen LogP contribution in [-0.4, -0.2) is 38.7 Å². The Morgan fingerprint density at radius 3 is 2.76 bits per heavy atom. The van der Waals surface area contributed by atoms with Gasteiger partial charge in [0.25, 0.3) is 5.91 Å². The molecule has 0 aliphatic heterocycles. The van der Waals surface area contributed by atoms with Crippen LogP contribution in [0.3, 0.4) is 0 Å². The van der Waals surface area contributed by atoms with E-state index in [1.165, 1.54) is 12.3 Å². The average molecular weight is 258 g/mol. The van der Waals surface area contributed by atoms with Crippen LogP contribution in [0.4, 0.5) is 5.69 Å². The van der Waals surface area contributed by atoms with Gasteiger partial charge in [0, 0.05) is 25.0 Å². The Kier molecular flexibility index (Phi) is 4.41. The molecule has 0 bridgehead atoms. The summed E-state index contributed by atoms with van der Waals surface area (Å²) in [4.78, 5) is 14.6. The molecular weight excluding hydrogens is 244 g/mol. The van der Waals surface area contributed by atoms with Crippen LogP contribution in [0.15, 0.2) is 18.3 Å². The second-order valence-corrected chi connectivity index (χ2v) is 5.22. The molecule has 1 rings (SSSR count). The minimum absolute atomic E-state index is 0.158. The summed E-state index contributed by atoms with van der Waals surface area (Å²) in [6, 6.07) is 3.16. The van der Waals surface area contributed by atoms with E-state index in [4.69, 9.17) is 5.73 Å². The number of pyridine rings is 1. The number of primary amides is 1. The number of nitrogens with two attached hydrogens (primary N) is 1. The molecule has 17 heavy (non-hydrogen) atoms. The number of hydrogen-bond donors (Lipinski definition) is 3. The molecular formula is C9H14N4O3S. The van der Waals surface area contributed by atoms with Crippen molar-refractivity contribution in [2.45, 2.75) is 0 Å². The number of hydrogen-bond acceptors (Lipinski definition) is 5. The number of carbonyl (C=O) groups is 1. The first kappa shape index (κ1) is 13.4. The maximum Gasteiger partial charge on any atom is 0.267 e. The summed E-state index contributed by atoms with van der Waals surface area (Å²) in [5, 5.41) is 2.94. The summed E-state index contributed by atoms with van der Waals surface area (Å²) < 4.78 is 23.9. The Labute approximate surface area is 99.5 Å². The van der Waals surface area contributed by atoms with E-state index in [0.29, 0.717) is 12.2 Å². The van der Waals surface area contributed by atoms with Crippen molar-refractivity contribution in [1.82, 2.24) is 9.71 Å². The first-order chi connectivity index (χ1) is 7.88. The van der Waals surface area contributed by atoms with Crippen LogP contribution < -0.4 is 15.8 Å². The van der Waals surface area contributed by atoms with E-state index in [-0.39, 0.29) is 12.2 Å². The van der Waals surface area contributed by atoms with Gasteiger partial charge in [0.1, 0.15) is 5.69 Å². The number of anilines is 1. The highest BCUT2D eigenvalue weighted by Gasteiger charge is 2.03. The van der Waals surface area contributed by atoms with Gasteiger partial charge in [-0.25, -0.2) is 13.1 Å². The maximum atomic E-state index is 10.9. The Morgan fingerprint density at radius 1 is 1.47 bits per heavy atom. The number of amides is 1. The molecule has 0 aliphatic carbocycles. The summed E-state index contributed by atoms with van der Waals surface area (Å²) in [7, 11) is -3.18. The van der Waals surface area contributed by atoms with Gasteiger partial charge in [-0.2, -0.15) is 0 Å². The molecule has 7 nitrogen and oxygen atoms in total. The van der Waals surface area contributed by atoms with Crippen LogP contribution in [-0.2, 0) is 10.0 Å². The van der Waals surface area contributed by atoms with E-state index >= 15 is 0 Å². The van der Waals surface area contributed by atoms with Crippen molar-refractivity contribution in [2.24, 2.45) is 5.73 Å². The normalized spacial score (nSPS) is 11.1. The number of nitrogens with zero attached hydrogens (tertiary/aromatic N) is 1. The number of rotatable bonds is 6. The van der Waals surface area contributed by atoms with Crippen LogP contribution in [0, 0.1) is 0 Å². The van der Waals surface area contributed by atoms with E-state index in [1.807, 2.05) is 0 Å². The quantitative estimate of drug-likeness (QED) is 0.574. The average Bonchev–Trinajstić information content (AvgIpc) is 2.23. The third kappa shape index (κ3) is 5.27. The lowest BCUT2D eigenvalue weighted by molar-refractivity contribution is 0.0995. The minimum atomic E-state index is -3.18. The lowest BCUT2D eigenvalue weighted by atomic mass is 10.3. The number of sulfonamides is 1. The summed E-state index contributed by atoms with van der Waals surface area (Å²) in [6.07, 6.45) is 2.54. The third-order valence-electron chi connectivity index (χ3n) is 1.83. The summed E-state index contributed by atoms with van der Waals surface area (Å²) in [5.41, 5.74) is 5.89. The molecule has 1 aromatic rings. The van der Waals surface area contributed by atoms with E-state index in [0.717, 1.165) is 6.26 Å². The maximum absolute atomic E-state index is 10.9. The number of aromatic nitrogens is 1. The van der Waals surface area contributed by atoms with Gasteiger partial charge in [-0.1, -0.05) is 0 Å². The fraction of sp³-hybridized carbons (Fsp3) is 0.333. The van der Waals surface area contributed by atoms with Crippen molar-refractivity contribution in [1.29, 1.82) is 0 Å². The minimum Gasteiger partial charge on any atom is -0.384 e. The molecule has 0 fully saturated rings. The molecule has 0 aliphatic rings. The number of nitrogens with one attached hydrogen (secondary N) is 2. The molecule has 94 valence electrons. The SMILES string of the molecule is CS(=O)(=O)NCCNc1ccnc(C(N)=O)c1. The summed E-state index contributed by atoms with van der Waals surface area (Å²) in [6.45, 7) is 0.655. The van der Waals surface area contributed by atoms with Gasteiger partial charge in [0.05, 0.1) is 6.26 Å². The molecule has 0 radical (unpaired) electrons. The van der Waals surface area contributed by atoms with Crippen LogP contribution in [0.1, 0.15) is 10.5 Å². The van der Waals surface area contributed by atoms with Crippen molar-refractivity contribution in [3.63, 3.8) is 0 Å². The van der Waals surface area contributed by atoms with Gasteiger partial charge in [0.15, 0.2) is 0 Å². The smallest absolute Gasteiger partial charge is 0.267 e. The zero-order valence-electron chi connectivity index (χ0n) is 9.30. The molecule has 0 unspecified atom stereocenters. The zero-order valence-corrected chi connectivity index (χ0v) is 10.1. The summed E-state index contributed by atoms with van der Waals surface area (Å²) >= 11 is 0. The zero-order chi connectivity index (χ0) is 12.9. The molecule has 4 N–H and O–H groups in total. The Hall–Kier alpha value is -1.67. The Bertz CT molecular complexity index is 501. The van der Waals surface area contributed by atoms with Gasteiger partial charge in [-0.05, 0) is 12.1 Å². The summed E-state index contributed by atoms with van der Waals surface area (Å²) in [5.74, 6) is -0.608. The highest BCUT2D eigenvalue weighted by atomic mass is 32.2. The monoisotopic (exact) mass is 258 g/mol. The Morgan fingerprint density at radius 2 is 2.18 bits per heavy atom. The standard InChI is InChI=1S/C9H14N4O3S/c1-17(15,16)13-5-4-11-7-2-3-12-8(6-7)9(10)14/h2-3,6,13H,4-5H2,1H3,(H2,10,14)(H,11,12). The first-order valence-electron chi connectivity index (χ1n) is 4.83. The predicted octanol–water partition coefficient (Wildman–Crippen LogP) is -0.858. The molecule has 1 heterocycles. The van der Waals surface area contributed by atoms with Crippen LogP contribution in [0.2, 0.25) is 0 Å². The van der Waals surface area contributed by atoms with Crippen molar-refractivity contribution in [3.05, 3.63) is 24.0 Å². The Balaban J connectivity index is 2.47. The van der Waals surface area contributed by atoms with Gasteiger partial charge >= 0.3 is 0 Å². The van der Waals surface area contributed by atoms with Crippen molar-refractivity contribution in [3.8, 4) is 0 Å². The van der Waals surface area contributed by atoms with Crippen molar-refractivity contribution in [2.75, 3.05) is 24.7 Å². The highest BCUT2D eigenvalue weighted by Crippen LogP contribution is 2.06. The van der Waals surface area contributed by atoms with E-state index < -0.39 is 15.9 Å². The molecule has 0 atom stereocenters. The number of carbonyl (C=O) groups excluding carboxylic acids is 1. The van der Waals surface area contributed by atoms with E-state index in [1.54, 1.807) is 6.07 Å². The largest absolute Gasteiger partial charge is 0.384 e. The fourth-order valence-corrected chi connectivity index (χ4v) is 1.59. The van der Waals surface area contributed by atoms with Gasteiger partial charge in [-0.3, -0.25) is 9.78 Å². The second kappa shape index (κ2) is 5.60. The molecule has 1 amide bonds. The predicted molar refractivity (Wildman–Crippen MR) is 64.1 cm³/mol. The van der Waals surface area contributed by atoms with E-state index in [2.05, 4.69) is 15.0 Å². The second-order valence-electron chi connectivity index (χ2n) is 3.39. The van der Waals surface area contributed by atoms with E-state index in [9.17, 15) is 13.2 Å². The molecule has 0 saturated heterocycles. The molecule has 8 heteroatoms. The topological polar surface area (TPSA) is 114 Å². The van der Waals surface area contributed by atoms with Gasteiger partial charge in [0.2, 0.25) is 10.0 Å². The van der Waals surface area contributed by atoms with Gasteiger partial charge in [-0.15, -0.1) is 0 Å². The molecule has 0 aromatic carbocycles. The molecule has 1 aromatic heterocycles. The van der Waals surface area contributed by atoms with Crippen LogP contribution in [0.25, 0.3) is 0 Å². The van der Waals surface area contributed by atoms with Crippen LogP contribution in [0.5, 0.6) is 0 Å². The highest BCUT2D eigenvalue weighted by molar-refractivity contribution is 7.88. The third-order valence-corrected chi connectivity index (χ3v) is 2.56. The van der Waals surface area contributed by atoms with Crippen molar-refractivity contribution < 1.29 is 13.2 Å². The molecule has 0 saturated carbocycles. The fourth-order valence-electron chi connectivity index (χ4n) is 1.12. The van der Waals surface area contributed by atoms with Crippen molar-refractivity contribution >= 4 is 21.6 Å². The van der Waals surface area contributed by atoms with Gasteiger partial charge < -0.3 is 11.1 Å². The molecule has 0 spiro atoms. The lowest BCUT2D eigenvalue weighted by Gasteiger charge is -2.07. The lowest BCUT2D eigenvalue weighted by Crippen LogP contribution is -2.27. The van der Waals surface area contributed by atoms with Crippen LogP contribution >= 0.6 is 0 Å². The first-order valence-corrected chi connectivity index (χ1v) is 6.72.